The van der Waals surface area contributed by atoms with Gasteiger partial charge in [0.1, 0.15) is 0 Å². The van der Waals surface area contributed by atoms with E-state index in [9.17, 15) is 4.79 Å². The number of benzene rings is 2. The standard InChI is InChI=1S/C14H10ClN3O2S/c15-11-6-5-8(9-3-1-2-4-10(9)11)7-21-13-12(14(19)20)16-18-17-13/h1-6H,7H2,(H,19,20)(H,16,17,18). The molecule has 0 aliphatic carbocycles. The van der Waals surface area contributed by atoms with Gasteiger partial charge in [0.2, 0.25) is 0 Å². The summed E-state index contributed by atoms with van der Waals surface area (Å²) in [6.45, 7) is 0. The first-order valence-electron chi connectivity index (χ1n) is 6.10. The highest BCUT2D eigenvalue weighted by atomic mass is 35.5. The van der Waals surface area contributed by atoms with Crippen molar-refractivity contribution in [2.75, 3.05) is 0 Å². The van der Waals surface area contributed by atoms with Gasteiger partial charge in [-0.15, -0.1) is 5.10 Å². The van der Waals surface area contributed by atoms with Gasteiger partial charge < -0.3 is 5.11 Å². The van der Waals surface area contributed by atoms with E-state index in [1.54, 1.807) is 0 Å². The molecule has 0 bridgehead atoms. The maximum Gasteiger partial charge on any atom is 0.356 e. The number of nitrogens with one attached hydrogen (secondary N) is 1. The van der Waals surface area contributed by atoms with E-state index < -0.39 is 5.97 Å². The number of fused-ring (bicyclic) bond motifs is 1. The summed E-state index contributed by atoms with van der Waals surface area (Å²) in [7, 11) is 0. The summed E-state index contributed by atoms with van der Waals surface area (Å²) in [6.07, 6.45) is 0. The second-order valence-corrected chi connectivity index (χ2v) is 5.71. The lowest BCUT2D eigenvalue weighted by Crippen LogP contribution is -1.98. The number of rotatable bonds is 4. The number of hydrogen-bond acceptors (Lipinski definition) is 4. The Morgan fingerprint density at radius 2 is 2.00 bits per heavy atom. The van der Waals surface area contributed by atoms with Crippen molar-refractivity contribution in [3.8, 4) is 0 Å². The molecule has 0 amide bonds. The normalized spacial score (nSPS) is 10.9. The molecule has 3 aromatic rings. The molecular formula is C14H10ClN3O2S. The fourth-order valence-electron chi connectivity index (χ4n) is 2.06. The van der Waals surface area contributed by atoms with Crippen LogP contribution in [0.4, 0.5) is 0 Å². The van der Waals surface area contributed by atoms with Gasteiger partial charge in [-0.05, 0) is 17.0 Å². The first kappa shape index (κ1) is 13.9. The molecule has 1 heterocycles. The van der Waals surface area contributed by atoms with E-state index in [0.29, 0.717) is 15.8 Å². The highest BCUT2D eigenvalue weighted by Crippen LogP contribution is 2.31. The van der Waals surface area contributed by atoms with Crippen molar-refractivity contribution in [1.29, 1.82) is 0 Å². The lowest BCUT2D eigenvalue weighted by atomic mass is 10.1. The largest absolute Gasteiger partial charge is 0.476 e. The Labute approximate surface area is 129 Å². The molecule has 0 saturated heterocycles. The zero-order valence-corrected chi connectivity index (χ0v) is 12.3. The molecule has 3 rings (SSSR count). The van der Waals surface area contributed by atoms with E-state index in [1.165, 1.54) is 11.8 Å². The van der Waals surface area contributed by atoms with Crippen LogP contribution < -0.4 is 0 Å². The van der Waals surface area contributed by atoms with Crippen molar-refractivity contribution in [1.82, 2.24) is 15.4 Å². The number of aromatic nitrogens is 3. The maximum atomic E-state index is 11.0. The number of hydrogen-bond donors (Lipinski definition) is 2. The van der Waals surface area contributed by atoms with Crippen LogP contribution in [0.1, 0.15) is 16.1 Å². The number of nitrogens with zero attached hydrogens (tertiary/aromatic N) is 2. The van der Waals surface area contributed by atoms with Crippen molar-refractivity contribution >= 4 is 40.1 Å². The van der Waals surface area contributed by atoms with Gasteiger partial charge in [0.25, 0.3) is 0 Å². The quantitative estimate of drug-likeness (QED) is 0.718. The summed E-state index contributed by atoms with van der Waals surface area (Å²) in [4.78, 5) is 11.0. The van der Waals surface area contributed by atoms with E-state index in [4.69, 9.17) is 16.7 Å². The van der Waals surface area contributed by atoms with Crippen molar-refractivity contribution in [3.05, 3.63) is 52.7 Å². The Bertz CT molecular complexity index is 819. The first-order chi connectivity index (χ1) is 10.2. The van der Waals surface area contributed by atoms with Gasteiger partial charge >= 0.3 is 5.97 Å². The van der Waals surface area contributed by atoms with Crippen molar-refractivity contribution < 1.29 is 9.90 Å². The Morgan fingerprint density at radius 3 is 2.76 bits per heavy atom. The van der Waals surface area contributed by atoms with Crippen LogP contribution >= 0.6 is 23.4 Å². The Balaban J connectivity index is 1.91. The van der Waals surface area contributed by atoms with Gasteiger partial charge in [0, 0.05) is 16.2 Å². The van der Waals surface area contributed by atoms with Crippen LogP contribution in [0.2, 0.25) is 5.02 Å². The lowest BCUT2D eigenvalue weighted by molar-refractivity contribution is 0.0686. The molecule has 21 heavy (non-hydrogen) atoms. The number of carboxylic acid groups (broad SMARTS) is 1. The van der Waals surface area contributed by atoms with E-state index in [1.807, 2.05) is 36.4 Å². The zero-order valence-electron chi connectivity index (χ0n) is 10.7. The molecule has 7 heteroatoms. The summed E-state index contributed by atoms with van der Waals surface area (Å²) in [5.74, 6) is -0.478. The van der Waals surface area contributed by atoms with E-state index in [2.05, 4.69) is 15.4 Å². The van der Waals surface area contributed by atoms with E-state index in [-0.39, 0.29) is 5.69 Å². The average Bonchev–Trinajstić information content (AvgIpc) is 2.96. The minimum Gasteiger partial charge on any atom is -0.476 e. The summed E-state index contributed by atoms with van der Waals surface area (Å²) in [5, 5.41) is 21.9. The van der Waals surface area contributed by atoms with Crippen molar-refractivity contribution in [2.24, 2.45) is 0 Å². The van der Waals surface area contributed by atoms with E-state index in [0.717, 1.165) is 16.3 Å². The van der Waals surface area contributed by atoms with Crippen LogP contribution in [0.5, 0.6) is 0 Å². The predicted octanol–water partition coefficient (Wildman–Crippen LogP) is 3.60. The molecule has 0 radical (unpaired) electrons. The highest BCUT2D eigenvalue weighted by molar-refractivity contribution is 7.98. The Kier molecular flexibility index (Phi) is 3.81. The molecule has 0 aliphatic rings. The molecule has 2 N–H and O–H groups in total. The van der Waals surface area contributed by atoms with Gasteiger partial charge in [-0.3, -0.25) is 5.10 Å². The third kappa shape index (κ3) is 2.72. The zero-order chi connectivity index (χ0) is 14.8. The number of thioether (sulfide) groups is 1. The van der Waals surface area contributed by atoms with Crippen LogP contribution in [0.15, 0.2) is 41.4 Å². The minimum absolute atomic E-state index is 0.0123. The van der Waals surface area contributed by atoms with Crippen LogP contribution in [0.25, 0.3) is 10.8 Å². The van der Waals surface area contributed by atoms with Gasteiger partial charge in [-0.1, -0.05) is 58.9 Å². The minimum atomic E-state index is -1.07. The molecule has 1 aromatic heterocycles. The van der Waals surface area contributed by atoms with Crippen LogP contribution in [0.3, 0.4) is 0 Å². The third-order valence-electron chi connectivity index (χ3n) is 3.06. The first-order valence-corrected chi connectivity index (χ1v) is 7.46. The van der Waals surface area contributed by atoms with Gasteiger partial charge in [0.15, 0.2) is 10.7 Å². The number of aromatic carboxylic acids is 1. The number of carboxylic acids is 1. The third-order valence-corrected chi connectivity index (χ3v) is 4.40. The average molecular weight is 320 g/mol. The molecule has 5 nitrogen and oxygen atoms in total. The Hall–Kier alpha value is -2.05. The topological polar surface area (TPSA) is 78.9 Å². The maximum absolute atomic E-state index is 11.0. The van der Waals surface area contributed by atoms with Crippen molar-refractivity contribution in [2.45, 2.75) is 10.8 Å². The Morgan fingerprint density at radius 1 is 1.24 bits per heavy atom. The van der Waals surface area contributed by atoms with Gasteiger partial charge in [-0.25, -0.2) is 4.79 Å². The molecular weight excluding hydrogens is 310 g/mol. The van der Waals surface area contributed by atoms with Gasteiger partial charge in [-0.2, -0.15) is 0 Å². The molecule has 0 aliphatic heterocycles. The molecule has 0 atom stereocenters. The summed E-state index contributed by atoms with van der Waals surface area (Å²) in [6, 6.07) is 11.6. The van der Waals surface area contributed by atoms with Crippen LogP contribution in [0, 0.1) is 0 Å². The fourth-order valence-corrected chi connectivity index (χ4v) is 3.20. The number of aromatic amines is 1. The summed E-state index contributed by atoms with van der Waals surface area (Å²) < 4.78 is 0. The molecule has 0 unspecified atom stereocenters. The molecule has 0 spiro atoms. The SMILES string of the molecule is O=C(O)c1[nH]nnc1SCc1ccc(Cl)c2ccccc12. The molecule has 0 saturated carbocycles. The van der Waals surface area contributed by atoms with E-state index >= 15 is 0 Å². The lowest BCUT2D eigenvalue weighted by Gasteiger charge is -2.07. The predicted molar refractivity (Wildman–Crippen MR) is 81.9 cm³/mol. The van der Waals surface area contributed by atoms with Crippen LogP contribution in [-0.2, 0) is 5.75 Å². The summed E-state index contributed by atoms with van der Waals surface area (Å²) in [5.41, 5.74) is 1.08. The second-order valence-electron chi connectivity index (χ2n) is 4.34. The number of H-pyrrole nitrogens is 1. The monoisotopic (exact) mass is 319 g/mol. The molecule has 0 fully saturated rings. The molecule has 2 aromatic carbocycles. The van der Waals surface area contributed by atoms with Crippen LogP contribution in [-0.4, -0.2) is 26.5 Å². The second kappa shape index (κ2) is 5.75. The smallest absolute Gasteiger partial charge is 0.356 e. The van der Waals surface area contributed by atoms with Crippen molar-refractivity contribution in [3.63, 3.8) is 0 Å². The summed E-state index contributed by atoms with van der Waals surface area (Å²) >= 11 is 7.51. The fraction of sp³-hybridized carbons (Fsp3) is 0.0714. The number of halogens is 1. The number of carbonyl (C=O) groups is 1. The molecule has 106 valence electrons. The van der Waals surface area contributed by atoms with Gasteiger partial charge in [0.05, 0.1) is 0 Å². The highest BCUT2D eigenvalue weighted by Gasteiger charge is 2.15.